The van der Waals surface area contributed by atoms with Crippen LogP contribution in [-0.4, -0.2) is 36.5 Å². The van der Waals surface area contributed by atoms with Gasteiger partial charge in [-0.05, 0) is 68.9 Å². The van der Waals surface area contributed by atoms with Crippen LogP contribution >= 0.6 is 0 Å². The summed E-state index contributed by atoms with van der Waals surface area (Å²) in [6.45, 7) is 4.35. The second-order valence-electron chi connectivity index (χ2n) is 7.40. The van der Waals surface area contributed by atoms with E-state index in [1.807, 2.05) is 6.92 Å². The Morgan fingerprint density at radius 3 is 2.38 bits per heavy atom. The van der Waals surface area contributed by atoms with Crippen molar-refractivity contribution in [2.45, 2.75) is 58.7 Å². The van der Waals surface area contributed by atoms with Crippen molar-refractivity contribution >= 4 is 11.5 Å². The predicted molar refractivity (Wildman–Crippen MR) is 104 cm³/mol. The Bertz CT molecular complexity index is 749. The van der Waals surface area contributed by atoms with E-state index in [-0.39, 0.29) is 29.1 Å². The van der Waals surface area contributed by atoms with Crippen molar-refractivity contribution < 1.29 is 32.5 Å². The predicted octanol–water partition coefficient (Wildman–Crippen LogP) is 4.59. The lowest BCUT2D eigenvalue weighted by Gasteiger charge is -2.29. The molecule has 1 aromatic carbocycles. The van der Waals surface area contributed by atoms with E-state index in [0.717, 1.165) is 12.8 Å². The topological polar surface area (TPSA) is 81.8 Å². The first-order chi connectivity index (χ1) is 13.5. The van der Waals surface area contributed by atoms with Crippen LogP contribution in [0.25, 0.3) is 5.57 Å². The normalized spacial score (nSPS) is 20.9. The number of allylic oxidation sites excluding steroid dienone is 1. The summed E-state index contributed by atoms with van der Waals surface area (Å²) >= 11 is 0. The summed E-state index contributed by atoms with van der Waals surface area (Å²) in [6.07, 6.45) is -1.40. The highest BCUT2D eigenvalue weighted by molar-refractivity contribution is 6.20. The van der Waals surface area contributed by atoms with Crippen LogP contribution in [0.15, 0.2) is 17.9 Å². The first kappa shape index (κ1) is 23.1. The van der Waals surface area contributed by atoms with E-state index in [1.165, 1.54) is 12.1 Å². The molecule has 0 radical (unpaired) electrons. The summed E-state index contributed by atoms with van der Waals surface area (Å²) in [5.41, 5.74) is 7.02. The largest absolute Gasteiger partial charge is 0.511 e. The van der Waals surface area contributed by atoms with Gasteiger partial charge in [-0.1, -0.05) is 6.42 Å². The number of primary amides is 1. The molecule has 162 valence electrons. The molecule has 1 aromatic rings. The van der Waals surface area contributed by atoms with E-state index in [4.69, 9.17) is 15.2 Å². The Morgan fingerprint density at radius 1 is 1.24 bits per heavy atom. The summed E-state index contributed by atoms with van der Waals surface area (Å²) in [5.74, 6) is -1.09. The highest BCUT2D eigenvalue weighted by Gasteiger charge is 2.31. The fraction of sp³-hybridized carbons (Fsp3) is 0.571. The zero-order valence-corrected chi connectivity index (χ0v) is 16.9. The molecule has 0 aromatic heterocycles. The van der Waals surface area contributed by atoms with E-state index < -0.39 is 18.7 Å². The van der Waals surface area contributed by atoms with Crippen molar-refractivity contribution in [1.29, 1.82) is 0 Å². The number of nitrogens with two attached hydrogens (primary N) is 1. The number of alkyl halides is 3. The standard InChI is InChI=1S/C21H28F3NO4/c1-4-28-15-7-5-6-14(10-15)19(26)18(20(25)27)17-12(2)8-16(9-13(17)3)29-11-21(22,23)24/h8-9,14-15,26H,4-7,10-11H2,1-3H3,(H2,25,27)/b19-18+. The van der Waals surface area contributed by atoms with E-state index >= 15 is 0 Å². The van der Waals surface area contributed by atoms with E-state index in [2.05, 4.69) is 0 Å². The molecule has 29 heavy (non-hydrogen) atoms. The zero-order chi connectivity index (χ0) is 21.8. The molecule has 8 heteroatoms. The summed E-state index contributed by atoms with van der Waals surface area (Å²) in [7, 11) is 0. The van der Waals surface area contributed by atoms with Crippen LogP contribution in [0.1, 0.15) is 49.3 Å². The Kier molecular flexibility index (Phi) is 7.57. The number of benzene rings is 1. The molecule has 5 nitrogen and oxygen atoms in total. The van der Waals surface area contributed by atoms with Gasteiger partial charge >= 0.3 is 6.18 Å². The third-order valence-electron chi connectivity index (χ3n) is 5.08. The first-order valence-corrected chi connectivity index (χ1v) is 9.69. The maximum absolute atomic E-state index is 12.4. The average Bonchev–Trinajstić information content (AvgIpc) is 2.62. The number of aliphatic hydroxyl groups excluding tert-OH is 1. The van der Waals surface area contributed by atoms with Crippen LogP contribution < -0.4 is 10.5 Å². The number of aryl methyl sites for hydroxylation is 2. The number of hydrogen-bond donors (Lipinski definition) is 2. The van der Waals surface area contributed by atoms with E-state index in [1.54, 1.807) is 13.8 Å². The molecule has 1 saturated carbocycles. The number of aliphatic hydroxyl groups is 1. The van der Waals surface area contributed by atoms with Crippen LogP contribution in [0, 0.1) is 19.8 Å². The van der Waals surface area contributed by atoms with Gasteiger partial charge in [0.1, 0.15) is 11.5 Å². The molecule has 2 rings (SSSR count). The van der Waals surface area contributed by atoms with Crippen molar-refractivity contribution in [1.82, 2.24) is 0 Å². The third kappa shape index (κ3) is 6.13. The SMILES string of the molecule is CCOC1CCCC(/C(O)=C(\C(N)=O)c2c(C)cc(OCC(F)(F)F)cc2C)C1. The summed E-state index contributed by atoms with van der Waals surface area (Å²) in [5, 5.41) is 10.9. The number of rotatable bonds is 7. The van der Waals surface area contributed by atoms with Gasteiger partial charge in [0.25, 0.3) is 5.91 Å². The number of halogens is 3. The van der Waals surface area contributed by atoms with Gasteiger partial charge < -0.3 is 20.3 Å². The Balaban J connectivity index is 2.39. The van der Waals surface area contributed by atoms with Gasteiger partial charge in [0, 0.05) is 12.5 Å². The van der Waals surface area contributed by atoms with Gasteiger partial charge in [-0.3, -0.25) is 4.79 Å². The summed E-state index contributed by atoms with van der Waals surface area (Å²) < 4.78 is 47.7. The monoisotopic (exact) mass is 415 g/mol. The molecule has 0 bridgehead atoms. The molecule has 0 heterocycles. The minimum absolute atomic E-state index is 0.00419. The van der Waals surface area contributed by atoms with Crippen LogP contribution in [-0.2, 0) is 9.53 Å². The molecule has 2 atom stereocenters. The molecule has 3 N–H and O–H groups in total. The van der Waals surface area contributed by atoms with Crippen molar-refractivity contribution in [2.75, 3.05) is 13.2 Å². The Labute approximate surface area is 168 Å². The smallest absolute Gasteiger partial charge is 0.422 e. The van der Waals surface area contributed by atoms with Gasteiger partial charge in [-0.25, -0.2) is 0 Å². The molecular weight excluding hydrogens is 387 g/mol. The van der Waals surface area contributed by atoms with Crippen molar-refractivity contribution in [2.24, 2.45) is 11.7 Å². The molecule has 0 spiro atoms. The fourth-order valence-corrected chi connectivity index (χ4v) is 3.93. The van der Waals surface area contributed by atoms with Crippen LogP contribution in [0.2, 0.25) is 0 Å². The number of ether oxygens (including phenoxy) is 2. The first-order valence-electron chi connectivity index (χ1n) is 9.69. The maximum Gasteiger partial charge on any atom is 0.422 e. The van der Waals surface area contributed by atoms with Gasteiger partial charge in [0.05, 0.1) is 11.7 Å². The number of hydrogen-bond acceptors (Lipinski definition) is 4. The average molecular weight is 415 g/mol. The Morgan fingerprint density at radius 2 is 1.86 bits per heavy atom. The minimum Gasteiger partial charge on any atom is -0.511 e. The summed E-state index contributed by atoms with van der Waals surface area (Å²) in [4.78, 5) is 12.2. The number of carbonyl (C=O) groups is 1. The quantitative estimate of drug-likeness (QED) is 0.504. The van der Waals surface area contributed by atoms with E-state index in [0.29, 0.717) is 36.1 Å². The molecule has 1 fully saturated rings. The van der Waals surface area contributed by atoms with Gasteiger partial charge in [-0.15, -0.1) is 0 Å². The minimum atomic E-state index is -4.45. The molecule has 0 saturated heterocycles. The summed E-state index contributed by atoms with van der Waals surface area (Å²) in [6, 6.07) is 2.82. The fourth-order valence-electron chi connectivity index (χ4n) is 3.93. The molecule has 2 unspecified atom stereocenters. The highest BCUT2D eigenvalue weighted by Crippen LogP contribution is 2.37. The molecule has 1 aliphatic rings. The molecular formula is C21H28F3NO4. The van der Waals surface area contributed by atoms with Gasteiger partial charge in [-0.2, -0.15) is 13.2 Å². The van der Waals surface area contributed by atoms with Crippen LogP contribution in [0.5, 0.6) is 5.75 Å². The number of carbonyl (C=O) groups excluding carboxylic acids is 1. The lowest BCUT2D eigenvalue weighted by molar-refractivity contribution is -0.153. The van der Waals surface area contributed by atoms with Crippen molar-refractivity contribution in [3.8, 4) is 5.75 Å². The lowest BCUT2D eigenvalue weighted by Crippen LogP contribution is -2.26. The third-order valence-corrected chi connectivity index (χ3v) is 5.08. The maximum atomic E-state index is 12.4. The van der Waals surface area contributed by atoms with E-state index in [9.17, 15) is 23.1 Å². The second-order valence-corrected chi connectivity index (χ2v) is 7.40. The van der Waals surface area contributed by atoms with Gasteiger partial charge in [0.2, 0.25) is 0 Å². The molecule has 0 aliphatic heterocycles. The van der Waals surface area contributed by atoms with Crippen LogP contribution in [0.4, 0.5) is 13.2 Å². The zero-order valence-electron chi connectivity index (χ0n) is 16.9. The Hall–Kier alpha value is -2.22. The second kappa shape index (κ2) is 9.52. The molecule has 1 aliphatic carbocycles. The molecule has 1 amide bonds. The highest BCUT2D eigenvalue weighted by atomic mass is 19.4. The number of amides is 1. The van der Waals surface area contributed by atoms with Crippen LogP contribution in [0.3, 0.4) is 0 Å². The van der Waals surface area contributed by atoms with Gasteiger partial charge in [0.15, 0.2) is 6.61 Å². The lowest BCUT2D eigenvalue weighted by atomic mass is 9.82. The van der Waals surface area contributed by atoms with Crippen molar-refractivity contribution in [3.63, 3.8) is 0 Å². The van der Waals surface area contributed by atoms with Crippen molar-refractivity contribution in [3.05, 3.63) is 34.6 Å².